The third-order valence-corrected chi connectivity index (χ3v) is 4.49. The van der Waals surface area contributed by atoms with Crippen molar-refractivity contribution in [3.63, 3.8) is 0 Å². The van der Waals surface area contributed by atoms with E-state index in [4.69, 9.17) is 5.11 Å². The van der Waals surface area contributed by atoms with Gasteiger partial charge in [-0.2, -0.15) is 0 Å². The normalized spacial score (nSPS) is 27.2. The van der Waals surface area contributed by atoms with E-state index in [0.29, 0.717) is 12.8 Å². The molecule has 0 saturated carbocycles. The Kier molecular flexibility index (Phi) is 2.72. The van der Waals surface area contributed by atoms with Gasteiger partial charge >= 0.3 is 5.97 Å². The maximum Gasteiger partial charge on any atom is 0.303 e. The third kappa shape index (κ3) is 2.20. The van der Waals surface area contributed by atoms with Gasteiger partial charge in [0, 0.05) is 6.42 Å². The summed E-state index contributed by atoms with van der Waals surface area (Å²) in [4.78, 5) is 10.2. The molecule has 70 valence electrons. The Morgan fingerprint density at radius 2 is 2.17 bits per heavy atom. The lowest BCUT2D eigenvalue weighted by Gasteiger charge is -2.05. The summed E-state index contributed by atoms with van der Waals surface area (Å²) in [5.74, 6) is -0.686. The van der Waals surface area contributed by atoms with Crippen molar-refractivity contribution in [2.45, 2.75) is 30.9 Å². The van der Waals surface area contributed by atoms with Gasteiger partial charge in [-0.15, -0.1) is 0 Å². The van der Waals surface area contributed by atoms with Crippen molar-refractivity contribution in [3.05, 3.63) is 0 Å². The smallest absolute Gasteiger partial charge is 0.303 e. The van der Waals surface area contributed by atoms with Gasteiger partial charge in [0.2, 0.25) is 0 Å². The summed E-state index contributed by atoms with van der Waals surface area (Å²) in [5.41, 5.74) is 0. The van der Waals surface area contributed by atoms with Crippen molar-refractivity contribution < 1.29 is 18.3 Å². The average molecular weight is 192 g/mol. The van der Waals surface area contributed by atoms with Gasteiger partial charge in [-0.1, -0.05) is 0 Å². The van der Waals surface area contributed by atoms with Crippen molar-refractivity contribution in [2.24, 2.45) is 0 Å². The van der Waals surface area contributed by atoms with E-state index in [-0.39, 0.29) is 18.6 Å². The maximum absolute atomic E-state index is 11.2. The van der Waals surface area contributed by atoms with Crippen molar-refractivity contribution >= 4 is 15.8 Å². The number of carboxylic acids is 1. The first-order chi connectivity index (χ1) is 5.52. The molecule has 1 aliphatic rings. The quantitative estimate of drug-likeness (QED) is 0.703. The Bertz CT molecular complexity index is 267. The second-order valence-corrected chi connectivity index (χ2v) is 5.46. The first-order valence-corrected chi connectivity index (χ1v) is 5.67. The standard InChI is InChI=1S/C7H12O4S/c8-7(9)4-3-6-2-1-5-12(6,10)11/h6H,1-5H2,(H,8,9)/t6-/m0/s1. The molecule has 0 bridgehead atoms. The molecule has 12 heavy (non-hydrogen) atoms. The van der Waals surface area contributed by atoms with Crippen molar-refractivity contribution in [2.75, 3.05) is 5.75 Å². The first kappa shape index (κ1) is 9.51. The molecule has 0 aromatic rings. The summed E-state index contributed by atoms with van der Waals surface area (Å²) in [6, 6.07) is 0. The van der Waals surface area contributed by atoms with Crippen LogP contribution >= 0.6 is 0 Å². The molecule has 1 N–H and O–H groups in total. The topological polar surface area (TPSA) is 71.4 Å². The van der Waals surface area contributed by atoms with E-state index < -0.39 is 21.1 Å². The van der Waals surface area contributed by atoms with Gasteiger partial charge in [0.25, 0.3) is 0 Å². The lowest BCUT2D eigenvalue weighted by molar-refractivity contribution is -0.137. The third-order valence-electron chi connectivity index (χ3n) is 2.14. The Morgan fingerprint density at radius 1 is 1.50 bits per heavy atom. The van der Waals surface area contributed by atoms with Crippen molar-refractivity contribution in [3.8, 4) is 0 Å². The van der Waals surface area contributed by atoms with E-state index in [2.05, 4.69) is 0 Å². The van der Waals surface area contributed by atoms with Gasteiger partial charge in [-0.25, -0.2) is 8.42 Å². The Balaban J connectivity index is 2.48. The number of aliphatic carboxylic acids is 1. The van der Waals surface area contributed by atoms with Gasteiger partial charge in [0.15, 0.2) is 9.84 Å². The molecule has 1 fully saturated rings. The molecule has 0 unspecified atom stereocenters. The minimum absolute atomic E-state index is 0.0378. The molecule has 0 aromatic heterocycles. The first-order valence-electron chi connectivity index (χ1n) is 3.96. The highest BCUT2D eigenvalue weighted by Gasteiger charge is 2.30. The lowest BCUT2D eigenvalue weighted by atomic mass is 10.1. The molecule has 0 aromatic carbocycles. The molecular weight excluding hydrogens is 180 g/mol. The molecule has 5 heteroatoms. The Morgan fingerprint density at radius 3 is 2.58 bits per heavy atom. The van der Waals surface area contributed by atoms with Crippen LogP contribution in [0.4, 0.5) is 0 Å². The van der Waals surface area contributed by atoms with Gasteiger partial charge in [-0.3, -0.25) is 4.79 Å². The van der Waals surface area contributed by atoms with E-state index in [1.807, 2.05) is 0 Å². The van der Waals surface area contributed by atoms with Crippen LogP contribution in [-0.2, 0) is 14.6 Å². The van der Waals surface area contributed by atoms with E-state index in [1.54, 1.807) is 0 Å². The summed E-state index contributed by atoms with van der Waals surface area (Å²) in [6.45, 7) is 0. The lowest BCUT2D eigenvalue weighted by Crippen LogP contribution is -2.16. The number of carbonyl (C=O) groups is 1. The summed E-state index contributed by atoms with van der Waals surface area (Å²) >= 11 is 0. The highest BCUT2D eigenvalue weighted by molar-refractivity contribution is 7.92. The molecule has 0 amide bonds. The minimum Gasteiger partial charge on any atom is -0.481 e. The summed E-state index contributed by atoms with van der Waals surface area (Å²) < 4.78 is 22.4. The fourth-order valence-electron chi connectivity index (χ4n) is 1.47. The molecule has 1 heterocycles. The van der Waals surface area contributed by atoms with Gasteiger partial charge < -0.3 is 5.11 Å². The largest absolute Gasteiger partial charge is 0.481 e. The zero-order valence-electron chi connectivity index (χ0n) is 6.69. The molecule has 4 nitrogen and oxygen atoms in total. The number of rotatable bonds is 3. The number of hydrogen-bond acceptors (Lipinski definition) is 3. The fraction of sp³-hybridized carbons (Fsp3) is 0.857. The van der Waals surface area contributed by atoms with E-state index in [0.717, 1.165) is 0 Å². The van der Waals surface area contributed by atoms with Gasteiger partial charge in [-0.05, 0) is 19.3 Å². The average Bonchev–Trinajstić information content (AvgIpc) is 2.25. The van der Waals surface area contributed by atoms with E-state index >= 15 is 0 Å². The predicted octanol–water partition coefficient (Wildman–Crippen LogP) is 0.428. The van der Waals surface area contributed by atoms with Crippen LogP contribution in [0, 0.1) is 0 Å². The molecule has 1 rings (SSSR count). The Hall–Kier alpha value is -0.580. The van der Waals surface area contributed by atoms with Crippen LogP contribution in [0.2, 0.25) is 0 Å². The zero-order chi connectivity index (χ0) is 9.19. The van der Waals surface area contributed by atoms with Crippen LogP contribution in [0.5, 0.6) is 0 Å². The summed E-state index contributed by atoms with van der Waals surface area (Å²) in [5, 5.41) is 7.95. The van der Waals surface area contributed by atoms with Crippen LogP contribution in [0.15, 0.2) is 0 Å². The molecule has 0 spiro atoms. The van der Waals surface area contributed by atoms with E-state index in [1.165, 1.54) is 0 Å². The molecule has 1 aliphatic heterocycles. The van der Waals surface area contributed by atoms with Crippen LogP contribution in [-0.4, -0.2) is 30.5 Å². The SMILES string of the molecule is O=C(O)CC[C@@H]1CCCS1(=O)=O. The van der Waals surface area contributed by atoms with Crippen LogP contribution < -0.4 is 0 Å². The maximum atomic E-state index is 11.2. The van der Waals surface area contributed by atoms with Crippen molar-refractivity contribution in [1.29, 1.82) is 0 Å². The predicted molar refractivity (Wildman–Crippen MR) is 43.7 cm³/mol. The monoisotopic (exact) mass is 192 g/mol. The molecule has 1 atom stereocenters. The second-order valence-electron chi connectivity index (χ2n) is 3.06. The highest BCUT2D eigenvalue weighted by atomic mass is 32.2. The molecular formula is C7H12O4S. The van der Waals surface area contributed by atoms with Gasteiger partial charge in [0.1, 0.15) is 0 Å². The van der Waals surface area contributed by atoms with Gasteiger partial charge in [0.05, 0.1) is 11.0 Å². The number of sulfone groups is 1. The van der Waals surface area contributed by atoms with E-state index in [9.17, 15) is 13.2 Å². The highest BCUT2D eigenvalue weighted by Crippen LogP contribution is 2.23. The minimum atomic E-state index is -2.95. The molecule has 0 radical (unpaired) electrons. The van der Waals surface area contributed by atoms with Crippen LogP contribution in [0.1, 0.15) is 25.7 Å². The Labute approximate surface area is 71.5 Å². The van der Waals surface area contributed by atoms with Crippen molar-refractivity contribution in [1.82, 2.24) is 0 Å². The number of carboxylic acid groups (broad SMARTS) is 1. The van der Waals surface area contributed by atoms with Crippen LogP contribution in [0.3, 0.4) is 0 Å². The second kappa shape index (κ2) is 3.43. The summed E-state index contributed by atoms with van der Waals surface area (Å²) in [7, 11) is -2.95. The molecule has 1 saturated heterocycles. The molecule has 0 aliphatic carbocycles. The zero-order valence-corrected chi connectivity index (χ0v) is 7.51. The fourth-order valence-corrected chi connectivity index (χ4v) is 3.37. The van der Waals surface area contributed by atoms with Crippen LogP contribution in [0.25, 0.3) is 0 Å². The number of hydrogen-bond donors (Lipinski definition) is 1. The summed E-state index contributed by atoms with van der Waals surface area (Å²) in [6.07, 6.45) is 1.56.